The van der Waals surface area contributed by atoms with E-state index < -0.39 is 0 Å². The van der Waals surface area contributed by atoms with Crippen LogP contribution in [-0.4, -0.2) is 58.9 Å². The lowest BCUT2D eigenvalue weighted by atomic mass is 10.0. The fourth-order valence-electron chi connectivity index (χ4n) is 2.17. The Labute approximate surface area is 107 Å². The number of rotatable bonds is 2. The summed E-state index contributed by atoms with van der Waals surface area (Å²) in [6, 6.07) is 0.421. The second-order valence-electron chi connectivity index (χ2n) is 4.84. The average molecular weight is 249 g/mol. The summed E-state index contributed by atoms with van der Waals surface area (Å²) in [6.07, 6.45) is 5.01. The number of carbonyl (C=O) groups is 1. The van der Waals surface area contributed by atoms with Gasteiger partial charge in [0.2, 0.25) is 0 Å². The number of aromatic nitrogens is 2. The lowest BCUT2D eigenvalue weighted by molar-refractivity contribution is 0.0629. The quantitative estimate of drug-likeness (QED) is 0.811. The van der Waals surface area contributed by atoms with Crippen molar-refractivity contribution in [1.29, 1.82) is 0 Å². The molecule has 1 saturated heterocycles. The zero-order valence-electron chi connectivity index (χ0n) is 10.8. The molecular formula is C12H19N5O. The molecule has 0 radical (unpaired) electrons. The summed E-state index contributed by atoms with van der Waals surface area (Å²) in [4.78, 5) is 24.2. The molecule has 0 aromatic carbocycles. The van der Waals surface area contributed by atoms with Crippen LogP contribution in [0.3, 0.4) is 0 Å². The Bertz CT molecular complexity index is 417. The Morgan fingerprint density at radius 3 is 2.83 bits per heavy atom. The summed E-state index contributed by atoms with van der Waals surface area (Å²) in [5.41, 5.74) is 5.83. The highest BCUT2D eigenvalue weighted by molar-refractivity contribution is 5.92. The maximum Gasteiger partial charge on any atom is 0.274 e. The molecule has 2 N–H and O–H groups in total. The normalized spacial score (nSPS) is 20.2. The third kappa shape index (κ3) is 2.76. The second-order valence-corrected chi connectivity index (χ2v) is 4.84. The van der Waals surface area contributed by atoms with Gasteiger partial charge in [-0.15, -0.1) is 0 Å². The fraction of sp³-hybridized carbons (Fsp3) is 0.583. The van der Waals surface area contributed by atoms with E-state index in [0.29, 0.717) is 17.6 Å². The highest BCUT2D eigenvalue weighted by Gasteiger charge is 2.26. The molecule has 1 aromatic heterocycles. The SMILES string of the molecule is CN(C)C1CCCN(C(=O)c2cnc(N)cn2)C1. The number of nitrogen functional groups attached to an aromatic ring is 1. The van der Waals surface area contributed by atoms with Gasteiger partial charge in [-0.25, -0.2) is 9.97 Å². The van der Waals surface area contributed by atoms with Crippen LogP contribution in [0.5, 0.6) is 0 Å². The van der Waals surface area contributed by atoms with Crippen LogP contribution in [0.25, 0.3) is 0 Å². The van der Waals surface area contributed by atoms with Crippen LogP contribution in [0, 0.1) is 0 Å². The van der Waals surface area contributed by atoms with Crippen molar-refractivity contribution in [2.24, 2.45) is 0 Å². The van der Waals surface area contributed by atoms with E-state index in [-0.39, 0.29) is 5.91 Å². The van der Waals surface area contributed by atoms with Crippen molar-refractivity contribution in [2.45, 2.75) is 18.9 Å². The largest absolute Gasteiger partial charge is 0.382 e. The molecule has 2 heterocycles. The minimum absolute atomic E-state index is 0.0611. The predicted octanol–water partition coefficient (Wildman–Crippen LogP) is 0.225. The Morgan fingerprint density at radius 2 is 2.22 bits per heavy atom. The molecular weight excluding hydrogens is 230 g/mol. The Balaban J connectivity index is 2.06. The first-order chi connectivity index (χ1) is 8.58. The molecule has 1 aliphatic heterocycles. The fourth-order valence-corrected chi connectivity index (χ4v) is 2.17. The van der Waals surface area contributed by atoms with Crippen LogP contribution >= 0.6 is 0 Å². The molecule has 6 heteroatoms. The highest BCUT2D eigenvalue weighted by atomic mass is 16.2. The van der Waals surface area contributed by atoms with E-state index in [1.807, 2.05) is 19.0 Å². The summed E-state index contributed by atoms with van der Waals surface area (Å²) in [6.45, 7) is 1.53. The van der Waals surface area contributed by atoms with Gasteiger partial charge in [0, 0.05) is 19.1 Å². The molecule has 98 valence electrons. The monoisotopic (exact) mass is 249 g/mol. The van der Waals surface area contributed by atoms with E-state index in [4.69, 9.17) is 5.73 Å². The minimum atomic E-state index is -0.0611. The van der Waals surface area contributed by atoms with E-state index >= 15 is 0 Å². The molecule has 18 heavy (non-hydrogen) atoms. The molecule has 0 bridgehead atoms. The van der Waals surface area contributed by atoms with E-state index in [1.54, 1.807) is 0 Å². The minimum Gasteiger partial charge on any atom is -0.382 e. The van der Waals surface area contributed by atoms with Gasteiger partial charge in [-0.2, -0.15) is 0 Å². The summed E-state index contributed by atoms with van der Waals surface area (Å²) in [5, 5.41) is 0. The Morgan fingerprint density at radius 1 is 1.44 bits per heavy atom. The van der Waals surface area contributed by atoms with E-state index in [9.17, 15) is 4.79 Å². The van der Waals surface area contributed by atoms with Crippen LogP contribution < -0.4 is 5.73 Å². The number of hydrogen-bond donors (Lipinski definition) is 1. The Kier molecular flexibility index (Phi) is 3.76. The topological polar surface area (TPSA) is 75.3 Å². The van der Waals surface area contributed by atoms with Gasteiger partial charge in [-0.3, -0.25) is 4.79 Å². The Hall–Kier alpha value is -1.69. The molecule has 1 aliphatic rings. The predicted molar refractivity (Wildman–Crippen MR) is 69.1 cm³/mol. The number of carbonyl (C=O) groups excluding carboxylic acids is 1. The summed E-state index contributed by atoms with van der Waals surface area (Å²) >= 11 is 0. The lowest BCUT2D eigenvalue weighted by Gasteiger charge is -2.35. The van der Waals surface area contributed by atoms with Crippen LogP contribution in [0.1, 0.15) is 23.3 Å². The van der Waals surface area contributed by atoms with E-state index in [0.717, 1.165) is 25.9 Å². The molecule has 1 amide bonds. The molecule has 6 nitrogen and oxygen atoms in total. The number of hydrogen-bond acceptors (Lipinski definition) is 5. The van der Waals surface area contributed by atoms with Gasteiger partial charge in [0.25, 0.3) is 5.91 Å². The van der Waals surface area contributed by atoms with Gasteiger partial charge in [0.05, 0.1) is 12.4 Å². The van der Waals surface area contributed by atoms with Crippen molar-refractivity contribution in [3.05, 3.63) is 18.1 Å². The summed E-state index contributed by atoms with van der Waals surface area (Å²) < 4.78 is 0. The van der Waals surface area contributed by atoms with Crippen molar-refractivity contribution in [3.63, 3.8) is 0 Å². The van der Waals surface area contributed by atoms with Gasteiger partial charge in [-0.1, -0.05) is 0 Å². The van der Waals surface area contributed by atoms with Gasteiger partial charge >= 0.3 is 0 Å². The molecule has 2 rings (SSSR count). The highest BCUT2D eigenvalue weighted by Crippen LogP contribution is 2.15. The van der Waals surface area contributed by atoms with Crippen molar-refractivity contribution < 1.29 is 4.79 Å². The summed E-state index contributed by atoms with van der Waals surface area (Å²) in [5.74, 6) is 0.269. The van der Waals surface area contributed by atoms with E-state index in [2.05, 4.69) is 14.9 Å². The molecule has 1 unspecified atom stereocenters. The number of piperidine rings is 1. The maximum atomic E-state index is 12.2. The first-order valence-corrected chi connectivity index (χ1v) is 6.11. The standard InChI is InChI=1S/C12H19N5O/c1-16(2)9-4-3-5-17(8-9)12(18)10-6-15-11(13)7-14-10/h6-7,9H,3-5,8H2,1-2H3,(H2,13,15). The van der Waals surface area contributed by atoms with Crippen LogP contribution in [0.15, 0.2) is 12.4 Å². The van der Waals surface area contributed by atoms with Crippen LogP contribution in [0.2, 0.25) is 0 Å². The van der Waals surface area contributed by atoms with E-state index in [1.165, 1.54) is 12.4 Å². The summed E-state index contributed by atoms with van der Waals surface area (Å²) in [7, 11) is 4.09. The third-order valence-electron chi connectivity index (χ3n) is 3.30. The smallest absolute Gasteiger partial charge is 0.274 e. The van der Waals surface area contributed by atoms with Gasteiger partial charge in [-0.05, 0) is 26.9 Å². The molecule has 1 aromatic rings. The first-order valence-electron chi connectivity index (χ1n) is 6.11. The first kappa shape index (κ1) is 12.8. The number of anilines is 1. The van der Waals surface area contributed by atoms with Gasteiger partial charge < -0.3 is 15.5 Å². The van der Waals surface area contributed by atoms with Crippen LogP contribution in [-0.2, 0) is 0 Å². The zero-order valence-corrected chi connectivity index (χ0v) is 10.8. The maximum absolute atomic E-state index is 12.2. The average Bonchev–Trinajstić information content (AvgIpc) is 2.39. The number of likely N-dealkylation sites (tertiary alicyclic amines) is 1. The molecule has 0 spiro atoms. The third-order valence-corrected chi connectivity index (χ3v) is 3.30. The zero-order chi connectivity index (χ0) is 13.1. The van der Waals surface area contributed by atoms with Crippen molar-refractivity contribution in [1.82, 2.24) is 19.8 Å². The number of nitrogens with zero attached hydrogens (tertiary/aromatic N) is 4. The lowest BCUT2D eigenvalue weighted by Crippen LogP contribution is -2.47. The number of amides is 1. The van der Waals surface area contributed by atoms with Crippen molar-refractivity contribution in [2.75, 3.05) is 32.9 Å². The molecule has 0 aliphatic carbocycles. The number of nitrogens with two attached hydrogens (primary N) is 1. The van der Waals surface area contributed by atoms with Crippen molar-refractivity contribution >= 4 is 11.7 Å². The second kappa shape index (κ2) is 5.30. The molecule has 1 fully saturated rings. The molecule has 1 atom stereocenters. The molecule has 0 saturated carbocycles. The van der Waals surface area contributed by atoms with Gasteiger partial charge in [0.1, 0.15) is 11.5 Å². The van der Waals surface area contributed by atoms with Gasteiger partial charge in [0.15, 0.2) is 0 Å². The van der Waals surface area contributed by atoms with Crippen molar-refractivity contribution in [3.8, 4) is 0 Å². The number of likely N-dealkylation sites (N-methyl/N-ethyl adjacent to an activating group) is 1. The van der Waals surface area contributed by atoms with Crippen LogP contribution in [0.4, 0.5) is 5.82 Å².